The summed E-state index contributed by atoms with van der Waals surface area (Å²) < 4.78 is 6.13. The maximum atomic E-state index is 5.74. The fraction of sp³-hybridized carbons (Fsp3) is 0.318. The van der Waals surface area contributed by atoms with Crippen LogP contribution in [0.25, 0.3) is 10.2 Å². The Labute approximate surface area is 180 Å². The molecular weight excluding hydrogens is 398 g/mol. The summed E-state index contributed by atoms with van der Waals surface area (Å²) in [5.41, 5.74) is 2.32. The predicted molar refractivity (Wildman–Crippen MR) is 121 cm³/mol. The first-order valence-electron chi connectivity index (χ1n) is 9.95. The number of aromatic nitrogens is 4. The van der Waals surface area contributed by atoms with Crippen LogP contribution in [0.1, 0.15) is 36.3 Å². The van der Waals surface area contributed by atoms with Crippen LogP contribution in [0.4, 0.5) is 0 Å². The van der Waals surface area contributed by atoms with Crippen molar-refractivity contribution in [3.63, 3.8) is 0 Å². The molecule has 0 amide bonds. The Morgan fingerprint density at radius 1 is 1.10 bits per heavy atom. The molecule has 0 aliphatic carbocycles. The molecule has 2 aromatic carbocycles. The smallest absolute Gasteiger partial charge is 0.202 e. The van der Waals surface area contributed by atoms with E-state index >= 15 is 0 Å². The summed E-state index contributed by atoms with van der Waals surface area (Å²) in [4.78, 5) is 6.14. The molecular formula is C22H26N5S2+. The fourth-order valence-corrected chi connectivity index (χ4v) is 4.93. The number of nitrogens with zero attached hydrogens (tertiary/aromatic N) is 4. The van der Waals surface area contributed by atoms with E-state index in [1.165, 1.54) is 15.2 Å². The summed E-state index contributed by atoms with van der Waals surface area (Å²) >= 11 is 7.51. The molecule has 0 radical (unpaired) electrons. The second-order valence-electron chi connectivity index (χ2n) is 7.35. The lowest BCUT2D eigenvalue weighted by Crippen LogP contribution is -3.08. The van der Waals surface area contributed by atoms with Crippen LogP contribution in [0.15, 0.2) is 54.6 Å². The summed E-state index contributed by atoms with van der Waals surface area (Å²) in [6.07, 6.45) is 0.789. The lowest BCUT2D eigenvalue weighted by molar-refractivity contribution is -0.933. The first kappa shape index (κ1) is 19.9. The van der Waals surface area contributed by atoms with Gasteiger partial charge in [-0.2, -0.15) is 9.78 Å². The lowest BCUT2D eigenvalue weighted by Gasteiger charge is -2.19. The molecule has 0 saturated heterocycles. The van der Waals surface area contributed by atoms with Gasteiger partial charge in [0.25, 0.3) is 0 Å². The van der Waals surface area contributed by atoms with Crippen molar-refractivity contribution in [2.75, 3.05) is 7.05 Å². The van der Waals surface area contributed by atoms with Gasteiger partial charge < -0.3 is 9.47 Å². The molecule has 5 nitrogen and oxygen atoms in total. The average molecular weight is 425 g/mol. The minimum absolute atomic E-state index is 0.263. The molecule has 1 unspecified atom stereocenters. The van der Waals surface area contributed by atoms with E-state index in [-0.39, 0.29) is 6.04 Å². The van der Waals surface area contributed by atoms with Gasteiger partial charge in [-0.05, 0) is 43.8 Å². The molecule has 150 valence electrons. The van der Waals surface area contributed by atoms with Crippen LogP contribution in [0.5, 0.6) is 0 Å². The molecule has 7 heteroatoms. The predicted octanol–water partition coefficient (Wildman–Crippen LogP) is 3.87. The van der Waals surface area contributed by atoms with Crippen LogP contribution < -0.4 is 4.90 Å². The Morgan fingerprint density at radius 3 is 2.55 bits per heavy atom. The van der Waals surface area contributed by atoms with E-state index in [9.17, 15) is 0 Å². The van der Waals surface area contributed by atoms with Crippen molar-refractivity contribution in [1.82, 2.24) is 19.3 Å². The zero-order valence-electron chi connectivity index (χ0n) is 17.0. The number of rotatable bonds is 7. The summed E-state index contributed by atoms with van der Waals surface area (Å²) in [5, 5.41) is 6.02. The number of hydrogen-bond acceptors (Lipinski definition) is 4. The Morgan fingerprint density at radius 2 is 1.83 bits per heavy atom. The highest BCUT2D eigenvalue weighted by atomic mass is 32.1. The molecule has 0 spiro atoms. The minimum Gasteiger partial charge on any atom is -0.311 e. The normalized spacial score (nSPS) is 13.6. The van der Waals surface area contributed by atoms with Gasteiger partial charge in [-0.1, -0.05) is 42.5 Å². The Balaban J connectivity index is 1.55. The number of fused-ring (bicyclic) bond motifs is 1. The Bertz CT molecular complexity index is 1130. The quantitative estimate of drug-likeness (QED) is 0.458. The van der Waals surface area contributed by atoms with Crippen LogP contribution in [-0.4, -0.2) is 26.4 Å². The molecule has 0 saturated carbocycles. The van der Waals surface area contributed by atoms with Gasteiger partial charge in [-0.15, -0.1) is 11.3 Å². The third kappa shape index (κ3) is 4.17. The molecule has 2 heterocycles. The molecule has 4 rings (SSSR count). The maximum absolute atomic E-state index is 5.74. The highest BCUT2D eigenvalue weighted by Gasteiger charge is 2.21. The maximum Gasteiger partial charge on any atom is 0.202 e. The van der Waals surface area contributed by atoms with Gasteiger partial charge >= 0.3 is 0 Å². The Hall–Kier alpha value is -2.35. The van der Waals surface area contributed by atoms with Gasteiger partial charge in [0.15, 0.2) is 11.7 Å². The largest absolute Gasteiger partial charge is 0.311 e. The molecule has 29 heavy (non-hydrogen) atoms. The summed E-state index contributed by atoms with van der Waals surface area (Å²) in [5.74, 6) is 1.02. The van der Waals surface area contributed by atoms with Crippen LogP contribution in [-0.2, 0) is 19.6 Å². The molecule has 0 aliphatic heterocycles. The standard InChI is InChI=1S/C22H25N5S2/c1-4-26-20(14-17-10-6-5-7-11-17)24-27(22(26)28)15-25(3)16(2)21-23-18-12-8-9-13-19(18)29-21/h5-13,16H,4,14-15H2,1-3H3/p+1/t16-/m1/s1. The number of quaternary nitrogens is 1. The molecule has 0 aliphatic rings. The molecule has 2 aromatic heterocycles. The van der Waals surface area contributed by atoms with Crippen molar-refractivity contribution >= 4 is 33.8 Å². The van der Waals surface area contributed by atoms with Crippen molar-refractivity contribution in [3.05, 3.63) is 75.8 Å². The summed E-state index contributed by atoms with van der Waals surface area (Å²) in [6, 6.07) is 19.0. The topological polar surface area (TPSA) is 40.1 Å². The van der Waals surface area contributed by atoms with Crippen LogP contribution in [0.3, 0.4) is 0 Å². The highest BCUT2D eigenvalue weighted by Crippen LogP contribution is 2.24. The highest BCUT2D eigenvalue weighted by molar-refractivity contribution is 7.71. The molecule has 0 fully saturated rings. The molecule has 4 aromatic rings. The van der Waals surface area contributed by atoms with E-state index in [1.54, 1.807) is 11.3 Å². The van der Waals surface area contributed by atoms with E-state index in [1.807, 2.05) is 16.8 Å². The van der Waals surface area contributed by atoms with Crippen LogP contribution >= 0.6 is 23.6 Å². The van der Waals surface area contributed by atoms with Crippen molar-refractivity contribution < 1.29 is 4.90 Å². The number of thiazole rings is 1. The van der Waals surface area contributed by atoms with Gasteiger partial charge in [0.1, 0.15) is 11.9 Å². The Kier molecular flexibility index (Phi) is 5.89. The van der Waals surface area contributed by atoms with Crippen molar-refractivity contribution in [1.29, 1.82) is 0 Å². The number of benzene rings is 2. The average Bonchev–Trinajstić information content (AvgIpc) is 3.29. The SMILES string of the molecule is CCn1c(Cc2ccccc2)nn(C[NH+](C)[C@H](C)c2nc3ccccc3s2)c1=S. The molecule has 2 atom stereocenters. The van der Waals surface area contributed by atoms with Gasteiger partial charge in [0, 0.05) is 13.0 Å². The second kappa shape index (κ2) is 8.57. The van der Waals surface area contributed by atoms with Crippen LogP contribution in [0, 0.1) is 4.77 Å². The summed E-state index contributed by atoms with van der Waals surface area (Å²) in [7, 11) is 2.18. The first-order valence-corrected chi connectivity index (χ1v) is 11.2. The van der Waals surface area contributed by atoms with E-state index in [4.69, 9.17) is 22.3 Å². The minimum atomic E-state index is 0.263. The first-order chi connectivity index (χ1) is 14.1. The van der Waals surface area contributed by atoms with E-state index < -0.39 is 0 Å². The van der Waals surface area contributed by atoms with Gasteiger partial charge in [-0.25, -0.2) is 4.98 Å². The number of nitrogens with one attached hydrogen (secondary N) is 1. The molecule has 1 N–H and O–H groups in total. The monoisotopic (exact) mass is 424 g/mol. The number of hydrogen-bond donors (Lipinski definition) is 1. The molecule has 0 bridgehead atoms. The van der Waals surface area contributed by atoms with Gasteiger partial charge in [-0.3, -0.25) is 0 Å². The zero-order chi connectivity index (χ0) is 20.4. The van der Waals surface area contributed by atoms with E-state index in [0.717, 1.165) is 34.1 Å². The lowest BCUT2D eigenvalue weighted by atomic mass is 10.1. The summed E-state index contributed by atoms with van der Waals surface area (Å²) in [6.45, 7) is 5.88. The van der Waals surface area contributed by atoms with Crippen LogP contribution in [0.2, 0.25) is 0 Å². The van der Waals surface area contributed by atoms with E-state index in [0.29, 0.717) is 6.67 Å². The fourth-order valence-electron chi connectivity index (χ4n) is 3.48. The zero-order valence-corrected chi connectivity index (χ0v) is 18.6. The number of para-hydroxylation sites is 1. The third-order valence-corrected chi connectivity index (χ3v) is 6.99. The van der Waals surface area contributed by atoms with Crippen molar-refractivity contribution in [2.45, 2.75) is 39.5 Å². The van der Waals surface area contributed by atoms with E-state index in [2.05, 4.69) is 67.9 Å². The van der Waals surface area contributed by atoms with Gasteiger partial charge in [0.05, 0.1) is 17.3 Å². The van der Waals surface area contributed by atoms with Crippen molar-refractivity contribution in [2.24, 2.45) is 0 Å². The second-order valence-corrected chi connectivity index (χ2v) is 8.78. The third-order valence-electron chi connectivity index (χ3n) is 5.34. The van der Waals surface area contributed by atoms with Gasteiger partial charge in [0.2, 0.25) is 4.77 Å². The van der Waals surface area contributed by atoms with Crippen molar-refractivity contribution in [3.8, 4) is 0 Å².